The van der Waals surface area contributed by atoms with Crippen molar-refractivity contribution in [3.63, 3.8) is 0 Å². The minimum atomic E-state index is -0.649. The Bertz CT molecular complexity index is 315. The van der Waals surface area contributed by atoms with Gasteiger partial charge in [-0.05, 0) is 40.6 Å². The first-order valence-corrected chi connectivity index (χ1v) is 6.78. The van der Waals surface area contributed by atoms with Crippen molar-refractivity contribution in [2.75, 3.05) is 0 Å². The molecule has 1 unspecified atom stereocenters. The minimum absolute atomic E-state index is 0.649. The second-order valence-corrected chi connectivity index (χ2v) is 6.01. The Balaban J connectivity index is 2.10. The Morgan fingerprint density at radius 3 is 2.71 bits per heavy atom. The maximum absolute atomic E-state index is 10.4. The number of halogens is 1. The molecule has 0 bridgehead atoms. The summed E-state index contributed by atoms with van der Waals surface area (Å²) in [7, 11) is 0. The van der Waals surface area contributed by atoms with Crippen LogP contribution in [-0.4, -0.2) is 5.11 Å². The van der Waals surface area contributed by atoms with Crippen molar-refractivity contribution >= 4 is 27.3 Å². The standard InChI is InChI=1S/C11H15BrOS/c1-11(13,5-8-3-2-4-8)9-6-14-7-10(9)12/h6-8,13H,2-5H2,1H3. The van der Waals surface area contributed by atoms with E-state index in [4.69, 9.17) is 0 Å². The van der Waals surface area contributed by atoms with Gasteiger partial charge >= 0.3 is 0 Å². The highest BCUT2D eigenvalue weighted by Crippen LogP contribution is 2.40. The minimum Gasteiger partial charge on any atom is -0.385 e. The molecule has 1 nitrogen and oxygen atoms in total. The lowest BCUT2D eigenvalue weighted by Gasteiger charge is -2.33. The Morgan fingerprint density at radius 2 is 2.29 bits per heavy atom. The van der Waals surface area contributed by atoms with E-state index in [1.54, 1.807) is 11.3 Å². The summed E-state index contributed by atoms with van der Waals surface area (Å²) < 4.78 is 1.05. The van der Waals surface area contributed by atoms with Crippen LogP contribution < -0.4 is 0 Å². The lowest BCUT2D eigenvalue weighted by molar-refractivity contribution is 0.0159. The van der Waals surface area contributed by atoms with Gasteiger partial charge in [-0.2, -0.15) is 11.3 Å². The fourth-order valence-electron chi connectivity index (χ4n) is 2.03. The number of aliphatic hydroxyl groups is 1. The van der Waals surface area contributed by atoms with Crippen LogP contribution >= 0.6 is 27.3 Å². The number of hydrogen-bond acceptors (Lipinski definition) is 2. The van der Waals surface area contributed by atoms with E-state index in [0.717, 1.165) is 22.4 Å². The summed E-state index contributed by atoms with van der Waals surface area (Å²) in [5.41, 5.74) is 0.401. The third-order valence-electron chi connectivity index (χ3n) is 3.11. The van der Waals surface area contributed by atoms with Crippen molar-refractivity contribution in [1.29, 1.82) is 0 Å². The molecule has 2 rings (SSSR count). The third-order valence-corrected chi connectivity index (χ3v) is 4.81. The van der Waals surface area contributed by atoms with Crippen LogP contribution in [0.2, 0.25) is 0 Å². The summed E-state index contributed by atoms with van der Waals surface area (Å²) >= 11 is 5.12. The number of thiophene rings is 1. The van der Waals surface area contributed by atoms with Crippen LogP contribution in [0.25, 0.3) is 0 Å². The molecule has 1 saturated carbocycles. The van der Waals surface area contributed by atoms with E-state index in [1.807, 2.05) is 17.7 Å². The summed E-state index contributed by atoms with van der Waals surface area (Å²) in [6.45, 7) is 1.93. The van der Waals surface area contributed by atoms with Gasteiger partial charge in [0.15, 0.2) is 0 Å². The maximum Gasteiger partial charge on any atom is 0.0890 e. The van der Waals surface area contributed by atoms with Gasteiger partial charge in [-0.15, -0.1) is 0 Å². The van der Waals surface area contributed by atoms with E-state index < -0.39 is 5.60 Å². The van der Waals surface area contributed by atoms with Crippen molar-refractivity contribution in [1.82, 2.24) is 0 Å². The summed E-state index contributed by atoms with van der Waals surface area (Å²) in [6, 6.07) is 0. The molecule has 1 N–H and O–H groups in total. The normalized spacial score (nSPS) is 21.6. The molecule has 1 aliphatic rings. The van der Waals surface area contributed by atoms with Crippen molar-refractivity contribution in [2.24, 2.45) is 5.92 Å². The van der Waals surface area contributed by atoms with Crippen molar-refractivity contribution in [2.45, 2.75) is 38.2 Å². The molecule has 0 saturated heterocycles. The van der Waals surface area contributed by atoms with Gasteiger partial charge in [0, 0.05) is 15.4 Å². The van der Waals surface area contributed by atoms with E-state index in [0.29, 0.717) is 0 Å². The van der Waals surface area contributed by atoms with E-state index in [-0.39, 0.29) is 0 Å². The van der Waals surface area contributed by atoms with Crippen LogP contribution in [0.4, 0.5) is 0 Å². The molecule has 0 aliphatic heterocycles. The highest BCUT2D eigenvalue weighted by molar-refractivity contribution is 9.10. The van der Waals surface area contributed by atoms with E-state index in [9.17, 15) is 5.11 Å². The molecular weight excluding hydrogens is 260 g/mol. The van der Waals surface area contributed by atoms with Gasteiger partial charge < -0.3 is 5.11 Å². The highest BCUT2D eigenvalue weighted by Gasteiger charge is 2.32. The fraction of sp³-hybridized carbons (Fsp3) is 0.636. The van der Waals surface area contributed by atoms with Crippen LogP contribution in [0.15, 0.2) is 15.2 Å². The molecule has 3 heteroatoms. The van der Waals surface area contributed by atoms with E-state index >= 15 is 0 Å². The Labute approximate surface area is 97.3 Å². The summed E-state index contributed by atoms with van der Waals surface area (Å²) in [5, 5.41) is 14.4. The molecule has 1 atom stereocenters. The largest absolute Gasteiger partial charge is 0.385 e. The quantitative estimate of drug-likeness (QED) is 0.886. The second kappa shape index (κ2) is 3.95. The average molecular weight is 275 g/mol. The Morgan fingerprint density at radius 1 is 1.57 bits per heavy atom. The van der Waals surface area contributed by atoms with Crippen molar-refractivity contribution < 1.29 is 5.11 Å². The predicted molar refractivity (Wildman–Crippen MR) is 63.5 cm³/mol. The Hall–Kier alpha value is 0.140. The summed E-state index contributed by atoms with van der Waals surface area (Å²) in [4.78, 5) is 0. The van der Waals surface area contributed by atoms with Gasteiger partial charge in [0.05, 0.1) is 5.60 Å². The van der Waals surface area contributed by atoms with Gasteiger partial charge in [-0.1, -0.05) is 19.3 Å². The molecule has 14 heavy (non-hydrogen) atoms. The first-order valence-electron chi connectivity index (χ1n) is 5.04. The molecule has 0 amide bonds. The molecule has 1 heterocycles. The van der Waals surface area contributed by atoms with Crippen LogP contribution in [-0.2, 0) is 5.60 Å². The summed E-state index contributed by atoms with van der Waals surface area (Å²) in [6.07, 6.45) is 4.82. The molecule has 1 fully saturated rings. The van der Waals surface area contributed by atoms with Gasteiger partial charge in [0.2, 0.25) is 0 Å². The van der Waals surface area contributed by atoms with Crippen LogP contribution in [0.5, 0.6) is 0 Å². The fourth-order valence-corrected chi connectivity index (χ4v) is 3.88. The first-order chi connectivity index (χ1) is 6.59. The lowest BCUT2D eigenvalue weighted by Crippen LogP contribution is -2.27. The Kier molecular flexibility index (Phi) is 3.01. The van der Waals surface area contributed by atoms with Crippen LogP contribution in [0, 0.1) is 5.92 Å². The zero-order valence-corrected chi connectivity index (χ0v) is 10.7. The SMILES string of the molecule is CC(O)(CC1CCC1)c1cscc1Br. The van der Waals surface area contributed by atoms with Gasteiger partial charge in [0.1, 0.15) is 0 Å². The zero-order valence-electron chi connectivity index (χ0n) is 8.29. The van der Waals surface area contributed by atoms with Gasteiger partial charge in [-0.3, -0.25) is 0 Å². The number of hydrogen-bond donors (Lipinski definition) is 1. The first kappa shape index (κ1) is 10.7. The van der Waals surface area contributed by atoms with E-state index in [1.165, 1.54) is 19.3 Å². The smallest absolute Gasteiger partial charge is 0.0890 e. The molecule has 0 aromatic carbocycles. The lowest BCUT2D eigenvalue weighted by atomic mass is 9.76. The van der Waals surface area contributed by atoms with Gasteiger partial charge in [0.25, 0.3) is 0 Å². The molecular formula is C11H15BrOS. The van der Waals surface area contributed by atoms with Crippen molar-refractivity contribution in [3.8, 4) is 0 Å². The van der Waals surface area contributed by atoms with E-state index in [2.05, 4.69) is 15.9 Å². The topological polar surface area (TPSA) is 20.2 Å². The zero-order chi connectivity index (χ0) is 10.2. The van der Waals surface area contributed by atoms with Crippen molar-refractivity contribution in [3.05, 3.63) is 20.8 Å². The van der Waals surface area contributed by atoms with Crippen LogP contribution in [0.1, 0.15) is 38.2 Å². The monoisotopic (exact) mass is 274 g/mol. The highest BCUT2D eigenvalue weighted by atomic mass is 79.9. The summed E-state index contributed by atoms with van der Waals surface area (Å²) in [5.74, 6) is 0.733. The predicted octanol–water partition coefficient (Wildman–Crippen LogP) is 3.91. The number of rotatable bonds is 3. The molecule has 1 aromatic heterocycles. The second-order valence-electron chi connectivity index (χ2n) is 4.41. The molecule has 1 aromatic rings. The van der Waals surface area contributed by atoms with Crippen LogP contribution in [0.3, 0.4) is 0 Å². The van der Waals surface area contributed by atoms with Gasteiger partial charge in [-0.25, -0.2) is 0 Å². The molecule has 0 radical (unpaired) electrons. The maximum atomic E-state index is 10.4. The molecule has 78 valence electrons. The average Bonchev–Trinajstić information content (AvgIpc) is 2.45. The third kappa shape index (κ3) is 2.05. The molecule has 1 aliphatic carbocycles. The molecule has 0 spiro atoms.